The van der Waals surface area contributed by atoms with E-state index < -0.39 is 10.0 Å². The van der Waals surface area contributed by atoms with Crippen molar-refractivity contribution in [1.82, 2.24) is 9.97 Å². The quantitative estimate of drug-likeness (QED) is 0.395. The molecule has 0 unspecified atom stereocenters. The van der Waals surface area contributed by atoms with Crippen molar-refractivity contribution in [2.45, 2.75) is 13.3 Å². The Labute approximate surface area is 191 Å². The SMILES string of the molecule is CCOC(=O)Cc1ccc(Nc2ncc(Cl)c(Nc3ccccc3NS(C)(=O)=O)n2)cc1. The van der Waals surface area contributed by atoms with Crippen LogP contribution in [0.1, 0.15) is 12.5 Å². The number of carbonyl (C=O) groups is 1. The lowest BCUT2D eigenvalue weighted by Crippen LogP contribution is -2.11. The highest BCUT2D eigenvalue weighted by molar-refractivity contribution is 7.92. The fourth-order valence-corrected chi connectivity index (χ4v) is 3.45. The van der Waals surface area contributed by atoms with Crippen molar-refractivity contribution >= 4 is 56.4 Å². The minimum atomic E-state index is -3.46. The molecule has 0 spiro atoms. The van der Waals surface area contributed by atoms with E-state index in [0.717, 1.165) is 11.8 Å². The van der Waals surface area contributed by atoms with Gasteiger partial charge in [0.15, 0.2) is 5.82 Å². The molecule has 0 fully saturated rings. The number of halogens is 1. The number of hydrogen-bond acceptors (Lipinski definition) is 8. The van der Waals surface area contributed by atoms with Crippen LogP contribution in [0.2, 0.25) is 5.02 Å². The number of nitrogens with zero attached hydrogens (tertiary/aromatic N) is 2. The van der Waals surface area contributed by atoms with Crippen LogP contribution < -0.4 is 15.4 Å². The third-order valence-electron chi connectivity index (χ3n) is 4.08. The Bertz CT molecular complexity index is 1200. The number of rotatable bonds is 9. The van der Waals surface area contributed by atoms with Crippen LogP contribution in [-0.2, 0) is 26.0 Å². The Kier molecular flexibility index (Phi) is 7.49. The molecule has 3 aromatic rings. The number of nitrogens with one attached hydrogen (secondary N) is 3. The molecule has 168 valence electrons. The van der Waals surface area contributed by atoms with Gasteiger partial charge in [-0.2, -0.15) is 4.98 Å². The third kappa shape index (κ3) is 6.82. The summed E-state index contributed by atoms with van der Waals surface area (Å²) in [5.74, 6) is 0.296. The van der Waals surface area contributed by atoms with E-state index in [4.69, 9.17) is 16.3 Å². The first-order valence-corrected chi connectivity index (χ1v) is 11.9. The van der Waals surface area contributed by atoms with Gasteiger partial charge in [-0.3, -0.25) is 9.52 Å². The van der Waals surface area contributed by atoms with E-state index in [-0.39, 0.29) is 23.4 Å². The molecule has 0 saturated heterocycles. The van der Waals surface area contributed by atoms with Gasteiger partial charge in [0.25, 0.3) is 0 Å². The molecular formula is C21H22ClN5O4S. The van der Waals surface area contributed by atoms with Gasteiger partial charge in [-0.1, -0.05) is 35.9 Å². The molecule has 0 aliphatic carbocycles. The molecule has 9 nitrogen and oxygen atoms in total. The number of esters is 1. The van der Waals surface area contributed by atoms with Gasteiger partial charge in [-0.25, -0.2) is 13.4 Å². The van der Waals surface area contributed by atoms with Crippen LogP contribution in [0.25, 0.3) is 0 Å². The number of aromatic nitrogens is 2. The van der Waals surface area contributed by atoms with Gasteiger partial charge >= 0.3 is 5.97 Å². The summed E-state index contributed by atoms with van der Waals surface area (Å²) in [4.78, 5) is 20.1. The summed E-state index contributed by atoms with van der Waals surface area (Å²) >= 11 is 6.23. The van der Waals surface area contributed by atoms with Crippen molar-refractivity contribution < 1.29 is 17.9 Å². The van der Waals surface area contributed by atoms with Gasteiger partial charge in [-0.05, 0) is 36.8 Å². The van der Waals surface area contributed by atoms with Gasteiger partial charge < -0.3 is 15.4 Å². The standard InChI is InChI=1S/C21H22ClN5O4S/c1-3-31-19(28)12-14-8-10-15(11-9-14)24-21-23-13-16(22)20(26-21)25-17-6-4-5-7-18(17)27-32(2,29)30/h4-11,13,27H,3,12H2,1-2H3,(H2,23,24,25,26). The van der Waals surface area contributed by atoms with Crippen LogP contribution in [0.3, 0.4) is 0 Å². The van der Waals surface area contributed by atoms with Crippen LogP contribution >= 0.6 is 11.6 Å². The zero-order chi connectivity index (χ0) is 23.1. The van der Waals surface area contributed by atoms with Crippen molar-refractivity contribution in [3.8, 4) is 0 Å². The minimum absolute atomic E-state index is 0.195. The summed E-state index contributed by atoms with van der Waals surface area (Å²) in [6, 6.07) is 14.0. The van der Waals surface area contributed by atoms with Gasteiger partial charge in [0, 0.05) is 5.69 Å². The lowest BCUT2D eigenvalue weighted by Gasteiger charge is -2.14. The number of carbonyl (C=O) groups excluding carboxylic acids is 1. The molecule has 3 N–H and O–H groups in total. The Morgan fingerprint density at radius 1 is 1.06 bits per heavy atom. The van der Waals surface area contributed by atoms with E-state index in [9.17, 15) is 13.2 Å². The highest BCUT2D eigenvalue weighted by atomic mass is 35.5. The second kappa shape index (κ2) is 10.3. The first-order valence-electron chi connectivity index (χ1n) is 9.61. The summed E-state index contributed by atoms with van der Waals surface area (Å²) in [5.41, 5.74) is 2.37. The van der Waals surface area contributed by atoms with Crippen molar-refractivity contribution in [3.05, 3.63) is 65.3 Å². The molecule has 1 aromatic heterocycles. The fourth-order valence-electron chi connectivity index (χ4n) is 2.74. The number of anilines is 5. The van der Waals surface area contributed by atoms with Gasteiger partial charge in [0.05, 0.1) is 36.9 Å². The highest BCUT2D eigenvalue weighted by Crippen LogP contribution is 2.29. The Hall–Kier alpha value is -3.37. The summed E-state index contributed by atoms with van der Waals surface area (Å²) in [6.07, 6.45) is 2.70. The van der Waals surface area contributed by atoms with E-state index in [1.807, 2.05) is 0 Å². The topological polar surface area (TPSA) is 122 Å². The maximum atomic E-state index is 11.6. The highest BCUT2D eigenvalue weighted by Gasteiger charge is 2.11. The molecule has 1 heterocycles. The molecule has 3 rings (SSSR count). The lowest BCUT2D eigenvalue weighted by atomic mass is 10.1. The largest absolute Gasteiger partial charge is 0.466 e. The van der Waals surface area contributed by atoms with E-state index in [2.05, 4.69) is 25.3 Å². The van der Waals surface area contributed by atoms with Crippen LogP contribution in [0.4, 0.5) is 28.8 Å². The lowest BCUT2D eigenvalue weighted by molar-refractivity contribution is -0.142. The first-order chi connectivity index (χ1) is 15.2. The summed E-state index contributed by atoms with van der Waals surface area (Å²) in [5, 5.41) is 6.36. The van der Waals surface area contributed by atoms with Crippen molar-refractivity contribution in [2.24, 2.45) is 0 Å². The van der Waals surface area contributed by atoms with Crippen molar-refractivity contribution in [3.63, 3.8) is 0 Å². The zero-order valence-electron chi connectivity index (χ0n) is 17.4. The molecule has 2 aromatic carbocycles. The average Bonchev–Trinajstić information content (AvgIpc) is 2.72. The molecule has 11 heteroatoms. The number of ether oxygens (including phenoxy) is 1. The molecule has 0 amide bonds. The van der Waals surface area contributed by atoms with Gasteiger partial charge in [-0.15, -0.1) is 0 Å². The molecule has 32 heavy (non-hydrogen) atoms. The van der Waals surface area contributed by atoms with Crippen molar-refractivity contribution in [1.29, 1.82) is 0 Å². The monoisotopic (exact) mass is 475 g/mol. The Morgan fingerprint density at radius 3 is 2.41 bits per heavy atom. The van der Waals surface area contributed by atoms with Crippen LogP contribution in [0.15, 0.2) is 54.7 Å². The maximum Gasteiger partial charge on any atom is 0.310 e. The van der Waals surface area contributed by atoms with Crippen LogP contribution in [0.5, 0.6) is 0 Å². The Balaban J connectivity index is 1.75. The second-order valence-corrected chi connectivity index (χ2v) is 8.89. The predicted molar refractivity (Wildman–Crippen MR) is 125 cm³/mol. The third-order valence-corrected chi connectivity index (χ3v) is 4.95. The average molecular weight is 476 g/mol. The molecule has 0 aliphatic heterocycles. The first kappa shape index (κ1) is 23.3. The summed E-state index contributed by atoms with van der Waals surface area (Å²) in [7, 11) is -3.46. The number of para-hydroxylation sites is 2. The fraction of sp³-hybridized carbons (Fsp3) is 0.190. The van der Waals surface area contributed by atoms with E-state index >= 15 is 0 Å². The number of sulfonamides is 1. The second-order valence-electron chi connectivity index (χ2n) is 6.74. The van der Waals surface area contributed by atoms with Crippen LogP contribution in [-0.4, -0.2) is 37.2 Å². The maximum absolute atomic E-state index is 11.6. The molecule has 0 radical (unpaired) electrons. The smallest absolute Gasteiger partial charge is 0.310 e. The number of benzene rings is 2. The molecule has 0 saturated carbocycles. The minimum Gasteiger partial charge on any atom is -0.466 e. The van der Waals surface area contributed by atoms with Gasteiger partial charge in [0.2, 0.25) is 16.0 Å². The van der Waals surface area contributed by atoms with Crippen LogP contribution in [0, 0.1) is 0 Å². The van der Waals surface area contributed by atoms with Crippen molar-refractivity contribution in [2.75, 3.05) is 28.2 Å². The molecular weight excluding hydrogens is 454 g/mol. The normalized spacial score (nSPS) is 11.0. The molecule has 0 bridgehead atoms. The number of hydrogen-bond donors (Lipinski definition) is 3. The zero-order valence-corrected chi connectivity index (χ0v) is 19.0. The predicted octanol–water partition coefficient (Wildman–Crippen LogP) is 4.09. The molecule has 0 aliphatic rings. The Morgan fingerprint density at radius 2 is 1.75 bits per heavy atom. The summed E-state index contributed by atoms with van der Waals surface area (Å²) < 4.78 is 30.6. The van der Waals surface area contributed by atoms with E-state index in [0.29, 0.717) is 29.5 Å². The van der Waals surface area contributed by atoms with E-state index in [1.54, 1.807) is 55.5 Å². The summed E-state index contributed by atoms with van der Waals surface area (Å²) in [6.45, 7) is 2.11. The molecule has 0 atom stereocenters. The van der Waals surface area contributed by atoms with E-state index in [1.165, 1.54) is 6.20 Å². The van der Waals surface area contributed by atoms with Gasteiger partial charge in [0.1, 0.15) is 5.02 Å².